The normalized spacial score (nSPS) is 10.8. The summed E-state index contributed by atoms with van der Waals surface area (Å²) >= 11 is 0. The minimum absolute atomic E-state index is 0.401. The standard InChI is InChI=1S/C15H16N2O3/c1-4-15(2,3)17-14(20)16-12-8-5-11(6-9-12)7-10-13(18)19/h1,5-10H,2-3H3,(H,18,19)(H2,16,17,20). The van der Waals surface area contributed by atoms with Gasteiger partial charge in [0, 0.05) is 11.8 Å². The zero-order chi connectivity index (χ0) is 15.2. The number of terminal acetylenes is 1. The van der Waals surface area contributed by atoms with Crippen molar-refractivity contribution >= 4 is 23.8 Å². The number of nitrogens with one attached hydrogen (secondary N) is 2. The maximum Gasteiger partial charge on any atom is 0.328 e. The van der Waals surface area contributed by atoms with Crippen LogP contribution in [0.25, 0.3) is 6.08 Å². The first kappa shape index (κ1) is 15.3. The van der Waals surface area contributed by atoms with Crippen molar-refractivity contribution < 1.29 is 14.7 Å². The van der Waals surface area contributed by atoms with Crippen molar-refractivity contribution in [2.75, 3.05) is 5.32 Å². The van der Waals surface area contributed by atoms with Gasteiger partial charge in [-0.15, -0.1) is 6.42 Å². The second kappa shape index (κ2) is 6.43. The molecule has 0 aromatic heterocycles. The Hall–Kier alpha value is -2.74. The number of hydrogen-bond donors (Lipinski definition) is 3. The molecule has 1 aromatic rings. The highest BCUT2D eigenvalue weighted by atomic mass is 16.4. The zero-order valence-electron chi connectivity index (χ0n) is 11.3. The Labute approximate surface area is 117 Å². The molecule has 5 nitrogen and oxygen atoms in total. The molecule has 3 N–H and O–H groups in total. The maximum atomic E-state index is 11.7. The van der Waals surface area contributed by atoms with E-state index in [2.05, 4.69) is 16.6 Å². The van der Waals surface area contributed by atoms with Crippen LogP contribution in [0.4, 0.5) is 10.5 Å². The third-order valence-corrected chi connectivity index (χ3v) is 2.37. The van der Waals surface area contributed by atoms with Gasteiger partial charge in [-0.05, 0) is 37.6 Å². The quantitative estimate of drug-likeness (QED) is 0.581. The number of carboxylic acids is 1. The molecule has 0 aliphatic rings. The van der Waals surface area contributed by atoms with Gasteiger partial charge in [-0.2, -0.15) is 0 Å². The molecular formula is C15H16N2O3. The molecular weight excluding hydrogens is 256 g/mol. The van der Waals surface area contributed by atoms with Crippen LogP contribution in [-0.2, 0) is 4.79 Å². The number of carbonyl (C=O) groups is 2. The summed E-state index contributed by atoms with van der Waals surface area (Å²) in [6.45, 7) is 3.43. The lowest BCUT2D eigenvalue weighted by molar-refractivity contribution is -0.131. The Morgan fingerprint density at radius 2 is 1.90 bits per heavy atom. The molecule has 0 aliphatic heterocycles. The van der Waals surface area contributed by atoms with E-state index in [0.29, 0.717) is 5.69 Å². The molecule has 0 spiro atoms. The van der Waals surface area contributed by atoms with Gasteiger partial charge in [0.25, 0.3) is 0 Å². The highest BCUT2D eigenvalue weighted by Crippen LogP contribution is 2.11. The van der Waals surface area contributed by atoms with E-state index in [1.54, 1.807) is 38.1 Å². The number of carboxylic acid groups (broad SMARTS) is 1. The fourth-order valence-electron chi connectivity index (χ4n) is 1.33. The third kappa shape index (κ3) is 5.27. The maximum absolute atomic E-state index is 11.7. The number of amides is 2. The predicted octanol–water partition coefficient (Wildman–Crippen LogP) is 2.32. The van der Waals surface area contributed by atoms with Crippen molar-refractivity contribution in [1.29, 1.82) is 0 Å². The van der Waals surface area contributed by atoms with Crippen molar-refractivity contribution in [3.63, 3.8) is 0 Å². The number of benzene rings is 1. The minimum atomic E-state index is -1.01. The lowest BCUT2D eigenvalue weighted by Gasteiger charge is -2.19. The van der Waals surface area contributed by atoms with Gasteiger partial charge in [0.05, 0.1) is 5.54 Å². The average Bonchev–Trinajstić information content (AvgIpc) is 2.37. The van der Waals surface area contributed by atoms with Crippen molar-refractivity contribution in [2.24, 2.45) is 0 Å². The molecule has 0 heterocycles. The highest BCUT2D eigenvalue weighted by Gasteiger charge is 2.16. The van der Waals surface area contributed by atoms with E-state index < -0.39 is 17.5 Å². The zero-order valence-corrected chi connectivity index (χ0v) is 11.3. The lowest BCUT2D eigenvalue weighted by Crippen LogP contribution is -2.44. The van der Waals surface area contributed by atoms with Gasteiger partial charge in [-0.3, -0.25) is 0 Å². The van der Waals surface area contributed by atoms with Crippen LogP contribution in [0.5, 0.6) is 0 Å². The molecule has 0 saturated carbocycles. The molecule has 104 valence electrons. The minimum Gasteiger partial charge on any atom is -0.478 e. The fraction of sp³-hybridized carbons (Fsp3) is 0.200. The first-order valence-electron chi connectivity index (χ1n) is 5.90. The smallest absolute Gasteiger partial charge is 0.328 e. The van der Waals surface area contributed by atoms with E-state index in [1.807, 2.05) is 0 Å². The van der Waals surface area contributed by atoms with Gasteiger partial charge >= 0.3 is 12.0 Å². The van der Waals surface area contributed by atoms with Crippen LogP contribution < -0.4 is 10.6 Å². The van der Waals surface area contributed by atoms with Crippen molar-refractivity contribution in [3.8, 4) is 12.3 Å². The van der Waals surface area contributed by atoms with Gasteiger partial charge in [0.1, 0.15) is 0 Å². The molecule has 1 rings (SSSR count). The largest absolute Gasteiger partial charge is 0.478 e. The Kier molecular flexibility index (Phi) is 4.93. The topological polar surface area (TPSA) is 78.4 Å². The number of carbonyl (C=O) groups excluding carboxylic acids is 1. The van der Waals surface area contributed by atoms with Gasteiger partial charge in [0.2, 0.25) is 0 Å². The van der Waals surface area contributed by atoms with Crippen molar-refractivity contribution in [1.82, 2.24) is 5.32 Å². The second-order valence-electron chi connectivity index (χ2n) is 4.64. The van der Waals surface area contributed by atoms with Crippen molar-refractivity contribution in [3.05, 3.63) is 35.9 Å². The molecule has 0 radical (unpaired) electrons. The van der Waals surface area contributed by atoms with E-state index in [9.17, 15) is 9.59 Å². The summed E-state index contributed by atoms with van der Waals surface area (Å²) in [6.07, 6.45) is 7.79. The van der Waals surface area contributed by atoms with Crippen LogP contribution in [-0.4, -0.2) is 22.6 Å². The summed E-state index contributed by atoms with van der Waals surface area (Å²) < 4.78 is 0. The lowest BCUT2D eigenvalue weighted by atomic mass is 10.1. The summed E-state index contributed by atoms with van der Waals surface area (Å²) in [7, 11) is 0. The average molecular weight is 272 g/mol. The third-order valence-electron chi connectivity index (χ3n) is 2.37. The number of rotatable bonds is 4. The van der Waals surface area contributed by atoms with E-state index in [-0.39, 0.29) is 0 Å². The first-order chi connectivity index (χ1) is 9.32. The van der Waals surface area contributed by atoms with E-state index in [4.69, 9.17) is 11.5 Å². The first-order valence-corrected chi connectivity index (χ1v) is 5.90. The van der Waals surface area contributed by atoms with Crippen LogP contribution >= 0.6 is 0 Å². The van der Waals surface area contributed by atoms with Gasteiger partial charge < -0.3 is 15.7 Å². The van der Waals surface area contributed by atoms with Crippen LogP contribution in [0.15, 0.2) is 30.3 Å². The number of anilines is 1. The summed E-state index contributed by atoms with van der Waals surface area (Å²) in [5.41, 5.74) is 0.582. The summed E-state index contributed by atoms with van der Waals surface area (Å²) in [4.78, 5) is 22.1. The summed E-state index contributed by atoms with van der Waals surface area (Å²) in [6, 6.07) is 6.33. The highest BCUT2D eigenvalue weighted by molar-refractivity contribution is 5.90. The summed E-state index contributed by atoms with van der Waals surface area (Å²) in [5.74, 6) is 1.45. The van der Waals surface area contributed by atoms with Crippen LogP contribution in [0.2, 0.25) is 0 Å². The van der Waals surface area contributed by atoms with Gasteiger partial charge in [-0.1, -0.05) is 18.1 Å². The van der Waals surface area contributed by atoms with Crippen LogP contribution in [0.1, 0.15) is 19.4 Å². The van der Waals surface area contributed by atoms with Crippen molar-refractivity contribution in [2.45, 2.75) is 19.4 Å². The predicted molar refractivity (Wildman–Crippen MR) is 78.2 cm³/mol. The number of urea groups is 1. The molecule has 1 aromatic carbocycles. The Bertz CT molecular complexity index is 566. The van der Waals surface area contributed by atoms with E-state index in [1.165, 1.54) is 6.08 Å². The molecule has 5 heteroatoms. The molecule has 0 unspecified atom stereocenters. The van der Waals surface area contributed by atoms with Crippen LogP contribution in [0.3, 0.4) is 0 Å². The molecule has 2 amide bonds. The molecule has 0 atom stereocenters. The van der Waals surface area contributed by atoms with Gasteiger partial charge in [-0.25, -0.2) is 9.59 Å². The fourth-order valence-corrected chi connectivity index (χ4v) is 1.33. The Morgan fingerprint density at radius 1 is 1.30 bits per heavy atom. The molecule has 0 fully saturated rings. The molecule has 20 heavy (non-hydrogen) atoms. The molecule has 0 aliphatic carbocycles. The van der Waals surface area contributed by atoms with Gasteiger partial charge in [0.15, 0.2) is 0 Å². The van der Waals surface area contributed by atoms with E-state index >= 15 is 0 Å². The monoisotopic (exact) mass is 272 g/mol. The molecule has 0 saturated heterocycles. The number of hydrogen-bond acceptors (Lipinski definition) is 2. The Balaban J connectivity index is 2.64. The summed E-state index contributed by atoms with van der Waals surface area (Å²) in [5, 5.41) is 13.8. The van der Waals surface area contributed by atoms with E-state index in [0.717, 1.165) is 11.6 Å². The second-order valence-corrected chi connectivity index (χ2v) is 4.64. The number of aliphatic carboxylic acids is 1. The van der Waals surface area contributed by atoms with Crippen LogP contribution in [0, 0.1) is 12.3 Å². The molecule has 0 bridgehead atoms. The Morgan fingerprint density at radius 3 is 2.40 bits per heavy atom. The SMILES string of the molecule is C#CC(C)(C)NC(=O)Nc1ccc(C=CC(=O)O)cc1.